The molecule has 1 aromatic heterocycles. The fraction of sp³-hybridized carbons (Fsp3) is 0.714. The molecule has 1 aliphatic heterocycles. The molecule has 20 heavy (non-hydrogen) atoms. The minimum absolute atomic E-state index is 0. The molecule has 2 unspecified atom stereocenters. The van der Waals surface area contributed by atoms with Crippen LogP contribution in [0.4, 0.5) is 5.82 Å². The van der Waals surface area contributed by atoms with Crippen molar-refractivity contribution in [3.05, 3.63) is 12.3 Å². The third-order valence-corrected chi connectivity index (χ3v) is 4.55. The normalized spacial score (nSPS) is 21.5. The van der Waals surface area contributed by atoms with E-state index in [1.807, 2.05) is 17.7 Å². The third kappa shape index (κ3) is 2.99. The van der Waals surface area contributed by atoms with Crippen molar-refractivity contribution >= 4 is 24.1 Å². The zero-order chi connectivity index (χ0) is 13.4. The number of nitrogens with one attached hydrogen (secondary N) is 2. The molecule has 6 heteroatoms. The van der Waals surface area contributed by atoms with Gasteiger partial charge in [0.1, 0.15) is 5.82 Å². The van der Waals surface area contributed by atoms with Gasteiger partial charge in [0.2, 0.25) is 5.91 Å². The Morgan fingerprint density at radius 3 is 2.65 bits per heavy atom. The molecule has 1 amide bonds. The van der Waals surface area contributed by atoms with E-state index in [9.17, 15) is 4.79 Å². The van der Waals surface area contributed by atoms with Gasteiger partial charge in [-0.25, -0.2) is 4.68 Å². The zero-order valence-electron chi connectivity index (χ0n) is 12.0. The first-order valence-corrected chi connectivity index (χ1v) is 7.22. The van der Waals surface area contributed by atoms with Crippen molar-refractivity contribution in [2.75, 3.05) is 18.4 Å². The van der Waals surface area contributed by atoms with Crippen LogP contribution in [0.1, 0.15) is 32.7 Å². The van der Waals surface area contributed by atoms with E-state index in [4.69, 9.17) is 0 Å². The van der Waals surface area contributed by atoms with Gasteiger partial charge >= 0.3 is 0 Å². The maximum absolute atomic E-state index is 12.2. The number of hydrogen-bond acceptors (Lipinski definition) is 3. The lowest BCUT2D eigenvalue weighted by molar-refractivity contribution is -0.121. The van der Waals surface area contributed by atoms with Gasteiger partial charge < -0.3 is 10.6 Å². The third-order valence-electron chi connectivity index (χ3n) is 4.55. The fourth-order valence-electron chi connectivity index (χ4n) is 2.63. The van der Waals surface area contributed by atoms with E-state index in [1.54, 1.807) is 6.20 Å². The van der Waals surface area contributed by atoms with Crippen molar-refractivity contribution < 1.29 is 4.79 Å². The van der Waals surface area contributed by atoms with E-state index >= 15 is 0 Å². The van der Waals surface area contributed by atoms with Gasteiger partial charge in [0.15, 0.2) is 0 Å². The predicted octanol–water partition coefficient (Wildman–Crippen LogP) is 2.07. The van der Waals surface area contributed by atoms with Crippen LogP contribution in [0.2, 0.25) is 0 Å². The lowest BCUT2D eigenvalue weighted by Gasteiger charge is -2.31. The van der Waals surface area contributed by atoms with Gasteiger partial charge in [-0.2, -0.15) is 5.10 Å². The van der Waals surface area contributed by atoms with Crippen LogP contribution in [-0.2, 0) is 4.79 Å². The van der Waals surface area contributed by atoms with Crippen molar-refractivity contribution in [2.24, 2.45) is 17.8 Å². The molecule has 1 saturated heterocycles. The van der Waals surface area contributed by atoms with Crippen molar-refractivity contribution in [1.29, 1.82) is 0 Å². The minimum Gasteiger partial charge on any atom is -0.316 e. The Bertz CT molecular complexity index is 467. The zero-order valence-corrected chi connectivity index (χ0v) is 12.8. The standard InChI is InChI=1S/C14H22N4O.ClH/c1-9(12-7-15-8-12)14(19)17-13-5-6-16-18(13)10(2)11-3-4-11;/h5-6,9-12,15H,3-4,7-8H2,1-2H3,(H,17,19);1H. The van der Waals surface area contributed by atoms with Gasteiger partial charge in [0, 0.05) is 12.0 Å². The lowest BCUT2D eigenvalue weighted by atomic mass is 9.88. The Labute approximate surface area is 125 Å². The Morgan fingerprint density at radius 2 is 2.10 bits per heavy atom. The molecule has 2 heterocycles. The summed E-state index contributed by atoms with van der Waals surface area (Å²) in [5, 5.41) is 10.6. The first kappa shape index (κ1) is 15.3. The molecular weight excluding hydrogens is 276 g/mol. The van der Waals surface area contributed by atoms with E-state index < -0.39 is 0 Å². The van der Waals surface area contributed by atoms with Gasteiger partial charge in [-0.05, 0) is 44.7 Å². The number of anilines is 1. The molecule has 0 spiro atoms. The van der Waals surface area contributed by atoms with Crippen LogP contribution in [0.15, 0.2) is 12.3 Å². The summed E-state index contributed by atoms with van der Waals surface area (Å²) in [7, 11) is 0. The van der Waals surface area contributed by atoms with Crippen molar-refractivity contribution in [1.82, 2.24) is 15.1 Å². The molecule has 112 valence electrons. The summed E-state index contributed by atoms with van der Waals surface area (Å²) < 4.78 is 1.96. The van der Waals surface area contributed by atoms with Crippen molar-refractivity contribution in [3.63, 3.8) is 0 Å². The Balaban J connectivity index is 0.00000147. The van der Waals surface area contributed by atoms with E-state index in [1.165, 1.54) is 12.8 Å². The largest absolute Gasteiger partial charge is 0.316 e. The van der Waals surface area contributed by atoms with Gasteiger partial charge in [-0.1, -0.05) is 6.92 Å². The number of aromatic nitrogens is 2. The molecule has 1 aliphatic carbocycles. The molecule has 2 fully saturated rings. The monoisotopic (exact) mass is 298 g/mol. The van der Waals surface area contributed by atoms with E-state index in [0.29, 0.717) is 12.0 Å². The van der Waals surface area contributed by atoms with Crippen LogP contribution in [0, 0.1) is 17.8 Å². The molecule has 3 rings (SSSR count). The number of nitrogens with zero attached hydrogens (tertiary/aromatic N) is 2. The molecule has 2 aliphatic rings. The van der Waals surface area contributed by atoms with Crippen LogP contribution >= 0.6 is 12.4 Å². The van der Waals surface area contributed by atoms with Crippen LogP contribution < -0.4 is 10.6 Å². The quantitative estimate of drug-likeness (QED) is 0.875. The lowest BCUT2D eigenvalue weighted by Crippen LogP contribution is -2.48. The highest BCUT2D eigenvalue weighted by Gasteiger charge is 2.32. The molecule has 0 aromatic carbocycles. The fourth-order valence-corrected chi connectivity index (χ4v) is 2.63. The van der Waals surface area contributed by atoms with Crippen molar-refractivity contribution in [2.45, 2.75) is 32.7 Å². The van der Waals surface area contributed by atoms with Crippen LogP contribution in [0.25, 0.3) is 0 Å². The van der Waals surface area contributed by atoms with Gasteiger partial charge in [-0.15, -0.1) is 12.4 Å². The molecule has 2 atom stereocenters. The maximum atomic E-state index is 12.2. The number of carbonyl (C=O) groups is 1. The topological polar surface area (TPSA) is 59.0 Å². The average molecular weight is 299 g/mol. The Morgan fingerprint density at radius 1 is 1.40 bits per heavy atom. The molecular formula is C14H23ClN4O. The molecule has 0 radical (unpaired) electrons. The highest BCUT2D eigenvalue weighted by Crippen LogP contribution is 2.40. The second-order valence-corrected chi connectivity index (χ2v) is 5.94. The molecule has 2 N–H and O–H groups in total. The summed E-state index contributed by atoms with van der Waals surface area (Å²) in [5.74, 6) is 2.20. The number of rotatable bonds is 5. The van der Waals surface area contributed by atoms with Crippen LogP contribution in [0.3, 0.4) is 0 Å². The summed E-state index contributed by atoms with van der Waals surface area (Å²) in [6.07, 6.45) is 4.32. The molecule has 1 aromatic rings. The maximum Gasteiger partial charge on any atom is 0.228 e. The smallest absolute Gasteiger partial charge is 0.228 e. The number of carbonyl (C=O) groups excluding carboxylic acids is 1. The summed E-state index contributed by atoms with van der Waals surface area (Å²) in [6, 6.07) is 2.27. The van der Waals surface area contributed by atoms with Gasteiger partial charge in [0.25, 0.3) is 0 Å². The molecule has 0 bridgehead atoms. The first-order valence-electron chi connectivity index (χ1n) is 7.22. The second-order valence-electron chi connectivity index (χ2n) is 5.94. The number of amides is 1. The Hall–Kier alpha value is -1.07. The summed E-state index contributed by atoms with van der Waals surface area (Å²) in [4.78, 5) is 12.2. The Kier molecular flexibility index (Phi) is 4.70. The molecule has 1 saturated carbocycles. The molecule has 5 nitrogen and oxygen atoms in total. The number of hydrogen-bond donors (Lipinski definition) is 2. The predicted molar refractivity (Wildman–Crippen MR) is 81.1 cm³/mol. The van der Waals surface area contributed by atoms with E-state index in [2.05, 4.69) is 22.7 Å². The van der Waals surface area contributed by atoms with Gasteiger partial charge in [0.05, 0.1) is 12.2 Å². The van der Waals surface area contributed by atoms with E-state index in [0.717, 1.165) is 24.8 Å². The highest BCUT2D eigenvalue weighted by atomic mass is 35.5. The minimum atomic E-state index is 0. The van der Waals surface area contributed by atoms with E-state index in [-0.39, 0.29) is 24.2 Å². The summed E-state index contributed by atoms with van der Waals surface area (Å²) >= 11 is 0. The number of halogens is 1. The van der Waals surface area contributed by atoms with Gasteiger partial charge in [-0.3, -0.25) is 4.79 Å². The van der Waals surface area contributed by atoms with Crippen molar-refractivity contribution in [3.8, 4) is 0 Å². The second kappa shape index (κ2) is 6.14. The summed E-state index contributed by atoms with van der Waals surface area (Å²) in [5.41, 5.74) is 0. The van der Waals surface area contributed by atoms with Crippen LogP contribution in [0.5, 0.6) is 0 Å². The average Bonchev–Trinajstić information content (AvgIpc) is 3.07. The highest BCUT2D eigenvalue weighted by molar-refractivity contribution is 5.91. The van der Waals surface area contributed by atoms with Crippen LogP contribution in [-0.4, -0.2) is 28.8 Å². The summed E-state index contributed by atoms with van der Waals surface area (Å²) in [6.45, 7) is 6.09. The first-order chi connectivity index (χ1) is 9.16. The SMILES string of the molecule is CC(C(=O)Nc1ccnn1C(C)C1CC1)C1CNC1.Cl.